The number of halogens is 1. The van der Waals surface area contributed by atoms with Crippen LogP contribution in [0, 0.1) is 5.92 Å². The van der Waals surface area contributed by atoms with Crippen molar-refractivity contribution >= 4 is 17.5 Å². The van der Waals surface area contributed by atoms with E-state index in [4.69, 9.17) is 11.6 Å². The van der Waals surface area contributed by atoms with Gasteiger partial charge in [-0.15, -0.1) is 0 Å². The smallest absolute Gasteiger partial charge is 0.257 e. The van der Waals surface area contributed by atoms with E-state index in [0.717, 1.165) is 32.5 Å². The molecule has 2 N–H and O–H groups in total. The first-order valence-corrected chi connectivity index (χ1v) is 6.92. The third kappa shape index (κ3) is 3.39. The average Bonchev–Trinajstić information content (AvgIpc) is 2.41. The van der Waals surface area contributed by atoms with Crippen LogP contribution >= 0.6 is 11.6 Å². The lowest BCUT2D eigenvalue weighted by Gasteiger charge is -2.33. The summed E-state index contributed by atoms with van der Waals surface area (Å²) in [5.41, 5.74) is 0.289. The van der Waals surface area contributed by atoms with Crippen LogP contribution in [-0.4, -0.2) is 42.6 Å². The third-order valence-electron chi connectivity index (χ3n) is 3.49. The molecule has 0 aliphatic carbocycles. The monoisotopic (exact) mass is 282 g/mol. The Hall–Kier alpha value is -1.26. The number of phenols is 1. The van der Waals surface area contributed by atoms with Crippen LogP contribution in [0.15, 0.2) is 18.2 Å². The van der Waals surface area contributed by atoms with Crippen LogP contribution in [0.5, 0.6) is 5.75 Å². The molecule has 1 aliphatic heterocycles. The van der Waals surface area contributed by atoms with Gasteiger partial charge in [-0.3, -0.25) is 4.79 Å². The van der Waals surface area contributed by atoms with Crippen LogP contribution < -0.4 is 5.32 Å². The van der Waals surface area contributed by atoms with Crippen molar-refractivity contribution < 1.29 is 9.90 Å². The lowest BCUT2D eigenvalue weighted by atomic mass is 9.97. The van der Waals surface area contributed by atoms with Crippen molar-refractivity contribution in [2.45, 2.75) is 12.8 Å². The van der Waals surface area contributed by atoms with Gasteiger partial charge < -0.3 is 15.3 Å². The van der Waals surface area contributed by atoms with E-state index in [2.05, 4.69) is 5.32 Å². The minimum absolute atomic E-state index is 0.00913. The van der Waals surface area contributed by atoms with E-state index in [9.17, 15) is 9.90 Å². The summed E-state index contributed by atoms with van der Waals surface area (Å²) in [5.74, 6) is 0.329. The minimum Gasteiger partial charge on any atom is -0.507 e. The van der Waals surface area contributed by atoms with Gasteiger partial charge in [-0.2, -0.15) is 0 Å². The summed E-state index contributed by atoms with van der Waals surface area (Å²) in [6, 6.07) is 4.57. The summed E-state index contributed by atoms with van der Waals surface area (Å²) in [7, 11) is 1.92. The zero-order valence-corrected chi connectivity index (χ0v) is 11.8. The number of nitrogens with zero attached hydrogens (tertiary/aromatic N) is 1. The lowest BCUT2D eigenvalue weighted by molar-refractivity contribution is 0.0671. The van der Waals surface area contributed by atoms with Gasteiger partial charge in [-0.1, -0.05) is 11.6 Å². The third-order valence-corrected chi connectivity index (χ3v) is 3.72. The molecule has 0 saturated carbocycles. The molecule has 1 aromatic rings. The highest BCUT2D eigenvalue weighted by Gasteiger charge is 2.25. The molecule has 104 valence electrons. The molecule has 0 radical (unpaired) electrons. The summed E-state index contributed by atoms with van der Waals surface area (Å²) in [6.45, 7) is 2.38. The van der Waals surface area contributed by atoms with E-state index in [0.29, 0.717) is 10.9 Å². The van der Waals surface area contributed by atoms with Crippen LogP contribution in [0.25, 0.3) is 0 Å². The highest BCUT2D eigenvalue weighted by atomic mass is 35.5. The minimum atomic E-state index is -0.138. The molecule has 19 heavy (non-hydrogen) atoms. The molecule has 1 aromatic carbocycles. The first kappa shape index (κ1) is 14.2. The van der Waals surface area contributed by atoms with E-state index in [-0.39, 0.29) is 17.2 Å². The van der Waals surface area contributed by atoms with Crippen molar-refractivity contribution in [3.05, 3.63) is 28.8 Å². The molecule has 0 aromatic heterocycles. The predicted molar refractivity (Wildman–Crippen MR) is 75.7 cm³/mol. The van der Waals surface area contributed by atoms with Gasteiger partial charge >= 0.3 is 0 Å². The summed E-state index contributed by atoms with van der Waals surface area (Å²) in [6.07, 6.45) is 2.13. The highest BCUT2D eigenvalue weighted by Crippen LogP contribution is 2.25. The number of benzene rings is 1. The predicted octanol–water partition coefficient (Wildman–Crippen LogP) is 2.12. The summed E-state index contributed by atoms with van der Waals surface area (Å²) >= 11 is 5.89. The van der Waals surface area contributed by atoms with Gasteiger partial charge in [-0.05, 0) is 50.6 Å². The number of piperidine rings is 1. The summed E-state index contributed by atoms with van der Waals surface area (Å²) in [4.78, 5) is 14.2. The quantitative estimate of drug-likeness (QED) is 0.893. The van der Waals surface area contributed by atoms with Gasteiger partial charge in [0.25, 0.3) is 5.91 Å². The number of phenolic OH excluding ortho intramolecular Hbond substituents is 1. The molecule has 1 unspecified atom stereocenters. The van der Waals surface area contributed by atoms with Crippen molar-refractivity contribution in [2.24, 2.45) is 5.92 Å². The number of likely N-dealkylation sites (tertiary alicyclic amines) is 1. The normalized spacial score (nSPS) is 19.5. The Labute approximate surface area is 118 Å². The summed E-state index contributed by atoms with van der Waals surface area (Å²) < 4.78 is 0. The number of hydrogen-bond acceptors (Lipinski definition) is 3. The van der Waals surface area contributed by atoms with E-state index in [1.54, 1.807) is 11.0 Å². The topological polar surface area (TPSA) is 52.6 Å². The fourth-order valence-electron chi connectivity index (χ4n) is 2.55. The van der Waals surface area contributed by atoms with Crippen LogP contribution in [0.3, 0.4) is 0 Å². The largest absolute Gasteiger partial charge is 0.507 e. The number of carbonyl (C=O) groups excluding carboxylic acids is 1. The lowest BCUT2D eigenvalue weighted by Crippen LogP contribution is -2.42. The Morgan fingerprint density at radius 1 is 1.58 bits per heavy atom. The molecule has 0 bridgehead atoms. The molecular weight excluding hydrogens is 264 g/mol. The van der Waals surface area contributed by atoms with Crippen molar-refractivity contribution in [2.75, 3.05) is 26.7 Å². The maximum atomic E-state index is 12.4. The van der Waals surface area contributed by atoms with Crippen LogP contribution in [-0.2, 0) is 0 Å². The fraction of sp³-hybridized carbons (Fsp3) is 0.500. The van der Waals surface area contributed by atoms with Gasteiger partial charge in [0, 0.05) is 18.1 Å². The van der Waals surface area contributed by atoms with Crippen molar-refractivity contribution in [3.63, 3.8) is 0 Å². The van der Waals surface area contributed by atoms with E-state index < -0.39 is 0 Å². The molecule has 1 heterocycles. The molecule has 1 fully saturated rings. The molecule has 0 spiro atoms. The SMILES string of the molecule is CNCC1CCCN(C(=O)c2cc(Cl)ccc2O)C1. The molecule has 1 atom stereocenters. The zero-order valence-electron chi connectivity index (χ0n) is 11.0. The Bertz CT molecular complexity index is 463. The van der Waals surface area contributed by atoms with Crippen molar-refractivity contribution in [1.82, 2.24) is 10.2 Å². The van der Waals surface area contributed by atoms with Crippen molar-refractivity contribution in [3.8, 4) is 5.75 Å². The number of hydrogen-bond donors (Lipinski definition) is 2. The van der Waals surface area contributed by atoms with Crippen LogP contribution in [0.2, 0.25) is 5.02 Å². The first-order chi connectivity index (χ1) is 9.11. The van der Waals surface area contributed by atoms with Crippen molar-refractivity contribution in [1.29, 1.82) is 0 Å². The number of rotatable bonds is 3. The molecule has 1 saturated heterocycles. The van der Waals surface area contributed by atoms with E-state index in [1.807, 2.05) is 7.05 Å². The van der Waals surface area contributed by atoms with E-state index >= 15 is 0 Å². The Morgan fingerprint density at radius 2 is 2.37 bits per heavy atom. The summed E-state index contributed by atoms with van der Waals surface area (Å²) in [5, 5.41) is 13.4. The van der Waals surface area contributed by atoms with Gasteiger partial charge in [0.2, 0.25) is 0 Å². The Morgan fingerprint density at radius 3 is 3.11 bits per heavy atom. The number of carbonyl (C=O) groups is 1. The van der Waals surface area contributed by atoms with Crippen LogP contribution in [0.1, 0.15) is 23.2 Å². The Kier molecular flexibility index (Phi) is 4.66. The van der Waals surface area contributed by atoms with Gasteiger partial charge in [-0.25, -0.2) is 0 Å². The fourth-order valence-corrected chi connectivity index (χ4v) is 2.73. The number of nitrogens with one attached hydrogen (secondary N) is 1. The van der Waals surface area contributed by atoms with Gasteiger partial charge in [0.05, 0.1) is 5.56 Å². The molecule has 4 nitrogen and oxygen atoms in total. The second-order valence-corrected chi connectivity index (χ2v) is 5.42. The zero-order chi connectivity index (χ0) is 13.8. The van der Waals surface area contributed by atoms with Gasteiger partial charge in [0.1, 0.15) is 5.75 Å². The molecular formula is C14H19ClN2O2. The molecule has 1 amide bonds. The highest BCUT2D eigenvalue weighted by molar-refractivity contribution is 6.31. The first-order valence-electron chi connectivity index (χ1n) is 6.54. The average molecular weight is 283 g/mol. The molecule has 1 aliphatic rings. The second kappa shape index (κ2) is 6.26. The molecule has 2 rings (SSSR count). The number of aromatic hydroxyl groups is 1. The standard InChI is InChI=1S/C14H19ClN2O2/c1-16-8-10-3-2-6-17(9-10)14(19)12-7-11(15)4-5-13(12)18/h4-5,7,10,16,18H,2-3,6,8-9H2,1H3. The maximum absolute atomic E-state index is 12.4. The number of amides is 1. The second-order valence-electron chi connectivity index (χ2n) is 4.98. The maximum Gasteiger partial charge on any atom is 0.257 e. The molecule has 5 heteroatoms. The Balaban J connectivity index is 2.12. The van der Waals surface area contributed by atoms with Crippen LogP contribution in [0.4, 0.5) is 0 Å². The van der Waals surface area contributed by atoms with Gasteiger partial charge in [0.15, 0.2) is 0 Å². The van der Waals surface area contributed by atoms with E-state index in [1.165, 1.54) is 12.1 Å².